The first-order valence-corrected chi connectivity index (χ1v) is 7.40. The van der Waals surface area contributed by atoms with Gasteiger partial charge in [0.25, 0.3) is 0 Å². The van der Waals surface area contributed by atoms with Gasteiger partial charge in [0, 0.05) is 6.54 Å². The Bertz CT molecular complexity index is 433. The standard InChI is InChI=1S/C16H27N3O2/c1-13(2)21-15-9-6-5-8-14(15)18-12-16(20)17-10-7-11-19(3)4/h5-6,8-9,13,18H,7,10-12H2,1-4H3,(H,17,20). The second-order valence-corrected chi connectivity index (χ2v) is 5.52. The van der Waals surface area contributed by atoms with Gasteiger partial charge in [-0.25, -0.2) is 0 Å². The van der Waals surface area contributed by atoms with Crippen molar-refractivity contribution in [2.24, 2.45) is 0 Å². The van der Waals surface area contributed by atoms with Crippen molar-refractivity contribution in [3.8, 4) is 5.75 Å². The van der Waals surface area contributed by atoms with Crippen LogP contribution in [-0.2, 0) is 4.79 Å². The molecule has 0 spiro atoms. The predicted molar refractivity (Wildman–Crippen MR) is 86.9 cm³/mol. The van der Waals surface area contributed by atoms with Crippen LogP contribution in [0.15, 0.2) is 24.3 Å². The Balaban J connectivity index is 2.35. The van der Waals surface area contributed by atoms with Gasteiger partial charge in [-0.2, -0.15) is 0 Å². The topological polar surface area (TPSA) is 53.6 Å². The molecular weight excluding hydrogens is 266 g/mol. The summed E-state index contributed by atoms with van der Waals surface area (Å²) in [6.07, 6.45) is 1.05. The summed E-state index contributed by atoms with van der Waals surface area (Å²) in [4.78, 5) is 13.9. The largest absolute Gasteiger partial charge is 0.489 e. The summed E-state index contributed by atoms with van der Waals surface area (Å²) in [6.45, 7) is 5.88. The van der Waals surface area contributed by atoms with Crippen LogP contribution in [0.2, 0.25) is 0 Å². The Hall–Kier alpha value is -1.75. The molecule has 0 aliphatic carbocycles. The molecule has 5 nitrogen and oxygen atoms in total. The number of hydrogen-bond acceptors (Lipinski definition) is 4. The third-order valence-corrected chi connectivity index (χ3v) is 2.79. The van der Waals surface area contributed by atoms with Crippen LogP contribution in [0.1, 0.15) is 20.3 Å². The molecule has 5 heteroatoms. The maximum absolute atomic E-state index is 11.8. The van der Waals surface area contributed by atoms with E-state index in [0.29, 0.717) is 6.54 Å². The summed E-state index contributed by atoms with van der Waals surface area (Å²) in [5.41, 5.74) is 0.842. The van der Waals surface area contributed by atoms with Crippen molar-refractivity contribution in [1.29, 1.82) is 0 Å². The van der Waals surface area contributed by atoms with E-state index in [9.17, 15) is 4.79 Å². The van der Waals surface area contributed by atoms with Gasteiger partial charge in [-0.15, -0.1) is 0 Å². The predicted octanol–water partition coefficient (Wildman–Crippen LogP) is 1.95. The van der Waals surface area contributed by atoms with Crippen LogP contribution < -0.4 is 15.4 Å². The van der Waals surface area contributed by atoms with Crippen LogP contribution in [0, 0.1) is 0 Å². The first-order valence-electron chi connectivity index (χ1n) is 7.40. The number of nitrogens with zero attached hydrogens (tertiary/aromatic N) is 1. The summed E-state index contributed by atoms with van der Waals surface area (Å²) < 4.78 is 5.70. The molecule has 0 aliphatic rings. The highest BCUT2D eigenvalue weighted by Crippen LogP contribution is 2.24. The molecule has 0 aliphatic heterocycles. The first kappa shape index (κ1) is 17.3. The van der Waals surface area contributed by atoms with Crippen molar-refractivity contribution in [2.75, 3.05) is 39.0 Å². The van der Waals surface area contributed by atoms with Gasteiger partial charge in [0.15, 0.2) is 0 Å². The van der Waals surface area contributed by atoms with Crippen molar-refractivity contribution >= 4 is 11.6 Å². The molecule has 0 radical (unpaired) electrons. The maximum Gasteiger partial charge on any atom is 0.239 e. The monoisotopic (exact) mass is 293 g/mol. The molecule has 0 fully saturated rings. The highest BCUT2D eigenvalue weighted by molar-refractivity contribution is 5.81. The lowest BCUT2D eigenvalue weighted by molar-refractivity contribution is -0.119. The number of rotatable bonds is 9. The van der Waals surface area contributed by atoms with Crippen LogP contribution in [0.4, 0.5) is 5.69 Å². The number of carbonyl (C=O) groups excluding carboxylic acids is 1. The average Bonchev–Trinajstić information content (AvgIpc) is 2.42. The van der Waals surface area contributed by atoms with Gasteiger partial charge in [-0.1, -0.05) is 12.1 Å². The fraction of sp³-hybridized carbons (Fsp3) is 0.562. The molecule has 21 heavy (non-hydrogen) atoms. The SMILES string of the molecule is CC(C)Oc1ccccc1NCC(=O)NCCCN(C)C. The molecule has 0 unspecified atom stereocenters. The van der Waals surface area contributed by atoms with Crippen molar-refractivity contribution in [3.05, 3.63) is 24.3 Å². The van der Waals surface area contributed by atoms with Crippen LogP contribution in [0.5, 0.6) is 5.75 Å². The molecule has 1 amide bonds. The zero-order valence-electron chi connectivity index (χ0n) is 13.5. The number of ether oxygens (including phenoxy) is 1. The molecule has 0 saturated heterocycles. The molecular formula is C16H27N3O2. The zero-order chi connectivity index (χ0) is 15.7. The normalized spacial score (nSPS) is 10.8. The van der Waals surface area contributed by atoms with Crippen LogP contribution in [-0.4, -0.2) is 50.6 Å². The summed E-state index contributed by atoms with van der Waals surface area (Å²) in [7, 11) is 4.05. The average molecular weight is 293 g/mol. The van der Waals surface area contributed by atoms with Crippen molar-refractivity contribution in [2.45, 2.75) is 26.4 Å². The maximum atomic E-state index is 11.8. The zero-order valence-corrected chi connectivity index (χ0v) is 13.5. The van der Waals surface area contributed by atoms with E-state index in [2.05, 4.69) is 15.5 Å². The molecule has 0 aromatic heterocycles. The number of hydrogen-bond donors (Lipinski definition) is 2. The van der Waals surface area contributed by atoms with E-state index in [1.807, 2.05) is 52.2 Å². The summed E-state index contributed by atoms with van der Waals surface area (Å²) in [5.74, 6) is 0.765. The number of carbonyl (C=O) groups is 1. The van der Waals surface area contributed by atoms with Gasteiger partial charge in [0.05, 0.1) is 18.3 Å². The van der Waals surface area contributed by atoms with Gasteiger partial charge >= 0.3 is 0 Å². The molecule has 118 valence electrons. The fourth-order valence-corrected chi connectivity index (χ4v) is 1.83. The van der Waals surface area contributed by atoms with Crippen LogP contribution in [0.25, 0.3) is 0 Å². The minimum absolute atomic E-state index is 0.00638. The van der Waals surface area contributed by atoms with E-state index >= 15 is 0 Å². The summed E-state index contributed by atoms with van der Waals surface area (Å²) in [6, 6.07) is 7.66. The third-order valence-electron chi connectivity index (χ3n) is 2.79. The quantitative estimate of drug-likeness (QED) is 0.683. The Labute approximate surface area is 127 Å². The van der Waals surface area contributed by atoms with E-state index in [0.717, 1.165) is 24.4 Å². The lowest BCUT2D eigenvalue weighted by Gasteiger charge is -2.15. The van der Waals surface area contributed by atoms with Gasteiger partial charge in [-0.3, -0.25) is 4.79 Å². The highest BCUT2D eigenvalue weighted by atomic mass is 16.5. The lowest BCUT2D eigenvalue weighted by Crippen LogP contribution is -2.32. The van der Waals surface area contributed by atoms with Gasteiger partial charge in [0.1, 0.15) is 5.75 Å². The van der Waals surface area contributed by atoms with Crippen LogP contribution >= 0.6 is 0 Å². The van der Waals surface area contributed by atoms with E-state index < -0.39 is 0 Å². The molecule has 1 aromatic carbocycles. The van der Waals surface area contributed by atoms with Gasteiger partial charge in [-0.05, 0) is 53.0 Å². The third kappa shape index (κ3) is 7.56. The minimum Gasteiger partial charge on any atom is -0.489 e. The second-order valence-electron chi connectivity index (χ2n) is 5.52. The van der Waals surface area contributed by atoms with E-state index in [-0.39, 0.29) is 18.6 Å². The van der Waals surface area contributed by atoms with E-state index in [1.54, 1.807) is 0 Å². The summed E-state index contributed by atoms with van der Waals surface area (Å²) in [5, 5.41) is 6.02. The number of para-hydroxylation sites is 2. The Morgan fingerprint density at radius 2 is 2.00 bits per heavy atom. The van der Waals surface area contributed by atoms with Crippen molar-refractivity contribution < 1.29 is 9.53 Å². The van der Waals surface area contributed by atoms with Gasteiger partial charge < -0.3 is 20.3 Å². The molecule has 2 N–H and O–H groups in total. The molecule has 0 saturated carbocycles. The number of benzene rings is 1. The molecule has 1 rings (SSSR count). The summed E-state index contributed by atoms with van der Waals surface area (Å²) >= 11 is 0. The second kappa shape index (κ2) is 9.23. The molecule has 1 aromatic rings. The van der Waals surface area contributed by atoms with Crippen LogP contribution in [0.3, 0.4) is 0 Å². The number of anilines is 1. The molecule has 0 bridgehead atoms. The highest BCUT2D eigenvalue weighted by Gasteiger charge is 2.06. The Morgan fingerprint density at radius 3 is 2.67 bits per heavy atom. The number of amides is 1. The molecule has 0 atom stereocenters. The van der Waals surface area contributed by atoms with E-state index in [1.165, 1.54) is 0 Å². The first-order chi connectivity index (χ1) is 9.99. The molecule has 0 heterocycles. The minimum atomic E-state index is -0.00638. The lowest BCUT2D eigenvalue weighted by atomic mass is 10.3. The van der Waals surface area contributed by atoms with Crippen molar-refractivity contribution in [3.63, 3.8) is 0 Å². The Morgan fingerprint density at radius 1 is 1.29 bits per heavy atom. The number of nitrogens with one attached hydrogen (secondary N) is 2. The van der Waals surface area contributed by atoms with E-state index in [4.69, 9.17) is 4.74 Å². The Kier molecular flexibility index (Phi) is 7.61. The fourth-order valence-electron chi connectivity index (χ4n) is 1.83. The van der Waals surface area contributed by atoms with Gasteiger partial charge in [0.2, 0.25) is 5.91 Å². The smallest absolute Gasteiger partial charge is 0.239 e. The van der Waals surface area contributed by atoms with Crippen molar-refractivity contribution in [1.82, 2.24) is 10.2 Å².